The SMILES string of the molecule is C=CC(=O)Nc1cccc(N(C(=O)NC2CC2)c2cc(Nc3ccc(N4CCN(C)CC4)cc3OC)ncn2)c1. The van der Waals surface area contributed by atoms with Crippen LogP contribution >= 0.6 is 0 Å². The average molecular weight is 543 g/mol. The first kappa shape index (κ1) is 26.9. The van der Waals surface area contributed by atoms with Crippen molar-refractivity contribution in [1.29, 1.82) is 0 Å². The van der Waals surface area contributed by atoms with Gasteiger partial charge in [-0.25, -0.2) is 19.7 Å². The van der Waals surface area contributed by atoms with E-state index in [1.54, 1.807) is 37.4 Å². The monoisotopic (exact) mass is 542 g/mol. The molecular weight excluding hydrogens is 508 g/mol. The number of piperazine rings is 1. The van der Waals surface area contributed by atoms with E-state index in [0.717, 1.165) is 50.4 Å². The predicted molar refractivity (Wildman–Crippen MR) is 157 cm³/mol. The van der Waals surface area contributed by atoms with Crippen LogP contribution in [0.15, 0.2) is 67.5 Å². The standard InChI is InChI=1S/C29H34N8O3/c1-4-28(38)32-21-6-5-7-23(16-21)37(29(39)33-20-8-9-20)27-18-26(30-19-31-27)34-24-11-10-22(17-25(24)40-3)36-14-12-35(2)13-15-36/h4-7,10-11,16-20H,1,8-9,12-15H2,2-3H3,(H,32,38)(H,33,39)(H,30,31,34). The molecule has 208 valence electrons. The molecule has 2 aliphatic rings. The van der Waals surface area contributed by atoms with Crippen LogP contribution in [0.25, 0.3) is 0 Å². The number of rotatable bonds is 9. The Morgan fingerprint density at radius 3 is 2.60 bits per heavy atom. The molecule has 2 heterocycles. The van der Waals surface area contributed by atoms with Gasteiger partial charge in [0.1, 0.15) is 23.7 Å². The quantitative estimate of drug-likeness (QED) is 0.346. The Morgan fingerprint density at radius 2 is 1.88 bits per heavy atom. The maximum absolute atomic E-state index is 13.4. The van der Waals surface area contributed by atoms with Gasteiger partial charge in [-0.05, 0) is 56.3 Å². The van der Waals surface area contributed by atoms with E-state index in [4.69, 9.17) is 4.74 Å². The number of hydrogen-bond donors (Lipinski definition) is 3. The Labute approximate surface area is 233 Å². The third-order valence-electron chi connectivity index (χ3n) is 6.86. The summed E-state index contributed by atoms with van der Waals surface area (Å²) in [5.41, 5.74) is 2.92. The minimum atomic E-state index is -0.341. The third kappa shape index (κ3) is 6.49. The van der Waals surface area contributed by atoms with E-state index in [2.05, 4.69) is 55.4 Å². The van der Waals surface area contributed by atoms with Crippen LogP contribution in [0.2, 0.25) is 0 Å². The van der Waals surface area contributed by atoms with Crippen molar-refractivity contribution in [3.05, 3.63) is 67.5 Å². The average Bonchev–Trinajstić information content (AvgIpc) is 3.78. The summed E-state index contributed by atoms with van der Waals surface area (Å²) < 4.78 is 5.70. The van der Waals surface area contributed by atoms with E-state index in [0.29, 0.717) is 28.8 Å². The number of hydrogen-bond acceptors (Lipinski definition) is 8. The molecule has 1 aromatic heterocycles. The van der Waals surface area contributed by atoms with E-state index < -0.39 is 0 Å². The largest absolute Gasteiger partial charge is 0.494 e. The summed E-state index contributed by atoms with van der Waals surface area (Å²) in [6.07, 6.45) is 4.48. The zero-order valence-electron chi connectivity index (χ0n) is 22.8. The van der Waals surface area contributed by atoms with Crippen LogP contribution < -0.4 is 30.5 Å². The van der Waals surface area contributed by atoms with Gasteiger partial charge in [-0.3, -0.25) is 4.79 Å². The molecule has 1 saturated carbocycles. The number of aromatic nitrogens is 2. The molecule has 2 fully saturated rings. The predicted octanol–water partition coefficient (Wildman–Crippen LogP) is 4.12. The molecule has 3 N–H and O–H groups in total. The van der Waals surface area contributed by atoms with Crippen LogP contribution in [0.1, 0.15) is 12.8 Å². The molecule has 0 bridgehead atoms. The normalized spacial score (nSPS) is 15.2. The molecule has 0 atom stereocenters. The van der Waals surface area contributed by atoms with Gasteiger partial charge in [-0.1, -0.05) is 12.6 Å². The highest BCUT2D eigenvalue weighted by Gasteiger charge is 2.28. The van der Waals surface area contributed by atoms with Crippen molar-refractivity contribution in [3.8, 4) is 5.75 Å². The first-order chi connectivity index (χ1) is 19.4. The summed E-state index contributed by atoms with van der Waals surface area (Å²) in [5, 5.41) is 9.08. The lowest BCUT2D eigenvalue weighted by molar-refractivity contribution is -0.111. The van der Waals surface area contributed by atoms with Crippen molar-refractivity contribution in [1.82, 2.24) is 20.2 Å². The highest BCUT2D eigenvalue weighted by atomic mass is 16.5. The molecule has 5 rings (SSSR count). The van der Waals surface area contributed by atoms with Gasteiger partial charge in [0, 0.05) is 55.7 Å². The molecule has 0 unspecified atom stereocenters. The summed E-state index contributed by atoms with van der Waals surface area (Å²) in [4.78, 5) is 40.1. The minimum Gasteiger partial charge on any atom is -0.494 e. The van der Waals surface area contributed by atoms with E-state index in [1.807, 2.05) is 12.1 Å². The van der Waals surface area contributed by atoms with E-state index in [1.165, 1.54) is 17.3 Å². The fourth-order valence-corrected chi connectivity index (χ4v) is 4.46. The summed E-state index contributed by atoms with van der Waals surface area (Å²) in [6, 6.07) is 14.6. The van der Waals surface area contributed by atoms with Crippen LogP contribution in [-0.2, 0) is 4.79 Å². The number of carbonyl (C=O) groups is 2. The van der Waals surface area contributed by atoms with Crippen LogP contribution in [-0.4, -0.2) is 73.2 Å². The summed E-state index contributed by atoms with van der Waals surface area (Å²) in [5.74, 6) is 1.21. The van der Waals surface area contributed by atoms with Crippen LogP contribution in [0.3, 0.4) is 0 Å². The number of anilines is 6. The first-order valence-electron chi connectivity index (χ1n) is 13.3. The summed E-state index contributed by atoms with van der Waals surface area (Å²) >= 11 is 0. The van der Waals surface area contributed by atoms with Gasteiger partial charge in [0.05, 0.1) is 18.5 Å². The second-order valence-corrected chi connectivity index (χ2v) is 9.86. The molecular formula is C29H34N8O3. The molecule has 11 nitrogen and oxygen atoms in total. The molecule has 2 aromatic carbocycles. The number of nitrogens with one attached hydrogen (secondary N) is 3. The van der Waals surface area contributed by atoms with Gasteiger partial charge < -0.3 is 30.5 Å². The van der Waals surface area contributed by atoms with Crippen LogP contribution in [0, 0.1) is 0 Å². The van der Waals surface area contributed by atoms with Crippen molar-refractivity contribution >= 4 is 46.3 Å². The number of amides is 3. The lowest BCUT2D eigenvalue weighted by Crippen LogP contribution is -2.44. The van der Waals surface area contributed by atoms with E-state index >= 15 is 0 Å². The van der Waals surface area contributed by atoms with E-state index in [9.17, 15) is 9.59 Å². The second kappa shape index (κ2) is 12.0. The number of nitrogens with zero attached hydrogens (tertiary/aromatic N) is 5. The number of urea groups is 1. The molecule has 11 heteroatoms. The molecule has 0 spiro atoms. The molecule has 40 heavy (non-hydrogen) atoms. The lowest BCUT2D eigenvalue weighted by atomic mass is 10.2. The molecule has 1 aliphatic carbocycles. The molecule has 0 radical (unpaired) electrons. The maximum atomic E-state index is 13.4. The number of carbonyl (C=O) groups excluding carboxylic acids is 2. The van der Waals surface area contributed by atoms with Crippen molar-refractivity contribution in [2.45, 2.75) is 18.9 Å². The van der Waals surface area contributed by atoms with Gasteiger partial charge >= 0.3 is 6.03 Å². The topological polar surface area (TPSA) is 115 Å². The van der Waals surface area contributed by atoms with Gasteiger partial charge in [0.25, 0.3) is 0 Å². The number of likely N-dealkylation sites (N-methyl/N-ethyl adjacent to an activating group) is 1. The Balaban J connectivity index is 1.41. The third-order valence-corrected chi connectivity index (χ3v) is 6.86. The zero-order valence-corrected chi connectivity index (χ0v) is 22.8. The fourth-order valence-electron chi connectivity index (χ4n) is 4.46. The first-order valence-corrected chi connectivity index (χ1v) is 13.3. The molecule has 3 aromatic rings. The Morgan fingerprint density at radius 1 is 1.07 bits per heavy atom. The number of benzene rings is 2. The van der Waals surface area contributed by atoms with Gasteiger partial charge in [0.15, 0.2) is 0 Å². The van der Waals surface area contributed by atoms with Crippen molar-refractivity contribution in [2.24, 2.45) is 0 Å². The Bertz CT molecular complexity index is 1390. The minimum absolute atomic E-state index is 0.140. The fraction of sp³-hybridized carbons (Fsp3) is 0.310. The molecule has 1 saturated heterocycles. The number of methoxy groups -OCH3 is 1. The molecule has 1 aliphatic heterocycles. The van der Waals surface area contributed by atoms with Gasteiger partial charge in [-0.15, -0.1) is 0 Å². The summed E-state index contributed by atoms with van der Waals surface area (Å²) in [6.45, 7) is 7.44. The van der Waals surface area contributed by atoms with Crippen molar-refractivity contribution in [2.75, 3.05) is 60.8 Å². The second-order valence-electron chi connectivity index (χ2n) is 9.86. The van der Waals surface area contributed by atoms with Crippen LogP contribution in [0.5, 0.6) is 5.75 Å². The maximum Gasteiger partial charge on any atom is 0.327 e. The summed E-state index contributed by atoms with van der Waals surface area (Å²) in [7, 11) is 3.77. The smallest absolute Gasteiger partial charge is 0.327 e. The lowest BCUT2D eigenvalue weighted by Gasteiger charge is -2.34. The van der Waals surface area contributed by atoms with E-state index in [-0.39, 0.29) is 18.0 Å². The Hall–Kier alpha value is -4.64. The van der Waals surface area contributed by atoms with Gasteiger partial charge in [0.2, 0.25) is 5.91 Å². The highest BCUT2D eigenvalue weighted by molar-refractivity contribution is 6.02. The Kier molecular flexibility index (Phi) is 8.11. The number of ether oxygens (including phenoxy) is 1. The van der Waals surface area contributed by atoms with Gasteiger partial charge in [-0.2, -0.15) is 0 Å². The molecule has 3 amide bonds. The highest BCUT2D eigenvalue weighted by Crippen LogP contribution is 2.34. The van der Waals surface area contributed by atoms with Crippen LogP contribution in [0.4, 0.5) is 39.2 Å². The van der Waals surface area contributed by atoms with Crippen molar-refractivity contribution < 1.29 is 14.3 Å². The zero-order chi connectivity index (χ0) is 28.1. The van der Waals surface area contributed by atoms with Crippen molar-refractivity contribution in [3.63, 3.8) is 0 Å².